The van der Waals surface area contributed by atoms with Crippen LogP contribution in [0.3, 0.4) is 0 Å². The van der Waals surface area contributed by atoms with Gasteiger partial charge >= 0.3 is 0 Å². The van der Waals surface area contributed by atoms with Crippen molar-refractivity contribution < 1.29 is 9.59 Å². The molecular formula is C10H13NO2S. The SMILES string of the molecule is O=C=NC1(C2CCCSC2)CC(=O)C1. The van der Waals surface area contributed by atoms with Gasteiger partial charge in [0.1, 0.15) is 5.78 Å². The molecule has 0 N–H and O–H groups in total. The summed E-state index contributed by atoms with van der Waals surface area (Å²) in [5.74, 6) is 2.89. The number of thioether (sulfide) groups is 1. The van der Waals surface area contributed by atoms with Gasteiger partial charge in [-0.3, -0.25) is 4.79 Å². The summed E-state index contributed by atoms with van der Waals surface area (Å²) in [5.41, 5.74) is -0.355. The Hall–Kier alpha value is -0.600. The number of rotatable bonds is 2. The van der Waals surface area contributed by atoms with Gasteiger partial charge in [0.05, 0.1) is 5.54 Å². The Morgan fingerprint density at radius 1 is 1.50 bits per heavy atom. The lowest BCUT2D eigenvalue weighted by molar-refractivity contribution is -0.129. The highest BCUT2D eigenvalue weighted by Gasteiger charge is 2.49. The van der Waals surface area contributed by atoms with Gasteiger partial charge in [0.15, 0.2) is 0 Å². The topological polar surface area (TPSA) is 46.5 Å². The number of ketones is 1. The second kappa shape index (κ2) is 3.87. The van der Waals surface area contributed by atoms with Crippen molar-refractivity contribution in [3.63, 3.8) is 0 Å². The fraction of sp³-hybridized carbons (Fsp3) is 0.800. The Morgan fingerprint density at radius 2 is 2.29 bits per heavy atom. The summed E-state index contributed by atoms with van der Waals surface area (Å²) in [7, 11) is 0. The standard InChI is InChI=1S/C10H13NO2S/c12-7-11-10(4-9(13)5-10)8-2-1-3-14-6-8/h8H,1-6H2. The largest absolute Gasteiger partial charge is 0.300 e. The van der Waals surface area contributed by atoms with Crippen molar-refractivity contribution in [2.24, 2.45) is 10.9 Å². The van der Waals surface area contributed by atoms with E-state index < -0.39 is 0 Å². The van der Waals surface area contributed by atoms with E-state index in [4.69, 9.17) is 0 Å². The molecule has 2 aliphatic rings. The van der Waals surface area contributed by atoms with Crippen LogP contribution in [0.2, 0.25) is 0 Å². The van der Waals surface area contributed by atoms with Crippen LogP contribution in [0.25, 0.3) is 0 Å². The number of hydrogen-bond acceptors (Lipinski definition) is 4. The van der Waals surface area contributed by atoms with Crippen LogP contribution in [0.4, 0.5) is 0 Å². The number of carbonyl (C=O) groups excluding carboxylic acids is 2. The summed E-state index contributed by atoms with van der Waals surface area (Å²) in [4.78, 5) is 25.3. The third-order valence-electron chi connectivity index (χ3n) is 3.20. The zero-order valence-corrected chi connectivity index (χ0v) is 8.81. The van der Waals surface area contributed by atoms with Crippen LogP contribution in [0.1, 0.15) is 25.7 Å². The van der Waals surface area contributed by atoms with E-state index in [-0.39, 0.29) is 11.3 Å². The number of nitrogens with zero attached hydrogens (tertiary/aromatic N) is 1. The maximum Gasteiger partial charge on any atom is 0.235 e. The quantitative estimate of drug-likeness (QED) is 0.514. The first-order valence-electron chi connectivity index (χ1n) is 4.95. The molecule has 1 unspecified atom stereocenters. The Balaban J connectivity index is 2.10. The second-order valence-corrected chi connectivity index (χ2v) is 5.26. The van der Waals surface area contributed by atoms with Crippen LogP contribution in [-0.4, -0.2) is 28.9 Å². The Labute approximate surface area is 87.4 Å². The molecule has 4 heteroatoms. The normalized spacial score (nSPS) is 30.3. The highest BCUT2D eigenvalue weighted by molar-refractivity contribution is 7.99. The molecule has 0 aromatic rings. The zero-order chi connectivity index (χ0) is 10.0. The second-order valence-electron chi connectivity index (χ2n) is 4.11. The maximum absolute atomic E-state index is 11.0. The monoisotopic (exact) mass is 211 g/mol. The molecule has 1 atom stereocenters. The van der Waals surface area contributed by atoms with Crippen molar-refractivity contribution in [3.05, 3.63) is 0 Å². The van der Waals surface area contributed by atoms with Gasteiger partial charge in [-0.15, -0.1) is 0 Å². The van der Waals surface area contributed by atoms with Crippen molar-refractivity contribution in [2.75, 3.05) is 11.5 Å². The molecule has 76 valence electrons. The molecule has 1 aliphatic carbocycles. The molecule has 1 saturated heterocycles. The molecule has 0 aromatic carbocycles. The molecule has 1 heterocycles. The maximum atomic E-state index is 11.0. The molecule has 2 rings (SSSR count). The van der Waals surface area contributed by atoms with Crippen molar-refractivity contribution >= 4 is 23.6 Å². The summed E-state index contributed by atoms with van der Waals surface area (Å²) in [6.07, 6.45) is 4.86. The van der Waals surface area contributed by atoms with Gasteiger partial charge < -0.3 is 0 Å². The summed E-state index contributed by atoms with van der Waals surface area (Å²) in [6.45, 7) is 0. The van der Waals surface area contributed by atoms with Crippen molar-refractivity contribution in [1.82, 2.24) is 0 Å². The van der Waals surface area contributed by atoms with Gasteiger partial charge in [0.2, 0.25) is 6.08 Å². The van der Waals surface area contributed by atoms with Crippen molar-refractivity contribution in [1.29, 1.82) is 0 Å². The first-order valence-corrected chi connectivity index (χ1v) is 6.11. The van der Waals surface area contributed by atoms with Gasteiger partial charge in [0.25, 0.3) is 0 Å². The first kappa shape index (κ1) is 9.94. The summed E-state index contributed by atoms with van der Waals surface area (Å²) >= 11 is 1.91. The summed E-state index contributed by atoms with van der Waals surface area (Å²) in [5, 5.41) is 0. The Bertz CT molecular complexity index is 282. The number of Topliss-reactive ketones (excluding diaryl/α,β-unsaturated/α-hetero) is 1. The molecular weight excluding hydrogens is 198 g/mol. The van der Waals surface area contributed by atoms with Crippen molar-refractivity contribution in [2.45, 2.75) is 31.2 Å². The van der Waals surface area contributed by atoms with Gasteiger partial charge in [-0.05, 0) is 30.3 Å². The molecule has 2 fully saturated rings. The Morgan fingerprint density at radius 3 is 2.79 bits per heavy atom. The van der Waals surface area contributed by atoms with E-state index in [2.05, 4.69) is 4.99 Å². The fourth-order valence-corrected chi connectivity index (χ4v) is 3.64. The van der Waals surface area contributed by atoms with Gasteiger partial charge in [-0.2, -0.15) is 16.8 Å². The number of isocyanates is 1. The third-order valence-corrected chi connectivity index (χ3v) is 4.41. The van der Waals surface area contributed by atoms with Gasteiger partial charge in [-0.25, -0.2) is 4.79 Å². The van der Waals surface area contributed by atoms with E-state index in [0.29, 0.717) is 18.8 Å². The highest BCUT2D eigenvalue weighted by atomic mass is 32.2. The van der Waals surface area contributed by atoms with E-state index >= 15 is 0 Å². The minimum Gasteiger partial charge on any atom is -0.300 e. The minimum atomic E-state index is -0.355. The van der Waals surface area contributed by atoms with Crippen molar-refractivity contribution in [3.8, 4) is 0 Å². The van der Waals surface area contributed by atoms with Gasteiger partial charge in [-0.1, -0.05) is 0 Å². The van der Waals surface area contributed by atoms with E-state index in [9.17, 15) is 9.59 Å². The molecule has 14 heavy (non-hydrogen) atoms. The van der Waals surface area contributed by atoms with Gasteiger partial charge in [0, 0.05) is 12.8 Å². The fourth-order valence-electron chi connectivity index (χ4n) is 2.35. The average molecular weight is 211 g/mol. The van der Waals surface area contributed by atoms with E-state index in [1.807, 2.05) is 11.8 Å². The summed E-state index contributed by atoms with van der Waals surface area (Å²) in [6, 6.07) is 0. The average Bonchev–Trinajstić information content (AvgIpc) is 2.17. The van der Waals surface area contributed by atoms with E-state index in [0.717, 1.165) is 12.2 Å². The van der Waals surface area contributed by atoms with Crippen LogP contribution >= 0.6 is 11.8 Å². The molecule has 0 spiro atoms. The molecule has 0 bridgehead atoms. The number of hydrogen-bond donors (Lipinski definition) is 0. The lowest BCUT2D eigenvalue weighted by Gasteiger charge is -2.43. The molecule has 3 nitrogen and oxygen atoms in total. The molecule has 1 aliphatic heterocycles. The molecule has 0 amide bonds. The lowest BCUT2D eigenvalue weighted by atomic mass is 9.67. The molecule has 0 radical (unpaired) electrons. The predicted molar refractivity (Wildman–Crippen MR) is 55.1 cm³/mol. The van der Waals surface area contributed by atoms with Crippen LogP contribution in [0, 0.1) is 5.92 Å². The third kappa shape index (κ3) is 1.64. The zero-order valence-electron chi connectivity index (χ0n) is 7.99. The Kier molecular flexibility index (Phi) is 2.75. The van der Waals surface area contributed by atoms with E-state index in [1.54, 1.807) is 6.08 Å². The van der Waals surface area contributed by atoms with Crippen LogP contribution in [0.15, 0.2) is 4.99 Å². The molecule has 1 saturated carbocycles. The number of aliphatic imine (C=N–C) groups is 1. The predicted octanol–water partition coefficient (Wildman–Crippen LogP) is 1.57. The smallest absolute Gasteiger partial charge is 0.235 e. The van der Waals surface area contributed by atoms with Crippen LogP contribution in [0.5, 0.6) is 0 Å². The minimum absolute atomic E-state index is 0.236. The summed E-state index contributed by atoms with van der Waals surface area (Å²) < 4.78 is 0. The molecule has 0 aromatic heterocycles. The number of carbonyl (C=O) groups is 1. The van der Waals surface area contributed by atoms with E-state index in [1.165, 1.54) is 12.2 Å². The lowest BCUT2D eigenvalue weighted by Crippen LogP contribution is -2.50. The first-order chi connectivity index (χ1) is 6.77. The van der Waals surface area contributed by atoms with Crippen LogP contribution in [-0.2, 0) is 9.59 Å². The highest BCUT2D eigenvalue weighted by Crippen LogP contribution is 2.44. The van der Waals surface area contributed by atoms with Crippen LogP contribution < -0.4 is 0 Å².